The highest BCUT2D eigenvalue weighted by molar-refractivity contribution is 7.07. The molecule has 0 aliphatic rings. The summed E-state index contributed by atoms with van der Waals surface area (Å²) in [6, 6.07) is 8.91. The molecule has 0 unspecified atom stereocenters. The van der Waals surface area contributed by atoms with Crippen molar-refractivity contribution in [1.82, 2.24) is 9.97 Å². The maximum Gasteiger partial charge on any atom is 0.310 e. The third-order valence-corrected chi connectivity index (χ3v) is 3.69. The molecular weight excluding hydrogens is 288 g/mol. The molecule has 2 aromatic heterocycles. The van der Waals surface area contributed by atoms with E-state index in [9.17, 15) is 9.59 Å². The van der Waals surface area contributed by atoms with Gasteiger partial charge in [-0.05, 0) is 34.5 Å². The van der Waals surface area contributed by atoms with Crippen LogP contribution in [0.15, 0.2) is 45.9 Å². The second-order valence-corrected chi connectivity index (χ2v) is 5.28. The summed E-state index contributed by atoms with van der Waals surface area (Å²) in [5, 5.41) is 4.33. The van der Waals surface area contributed by atoms with Crippen LogP contribution in [0.4, 0.5) is 0 Å². The van der Waals surface area contributed by atoms with Crippen molar-refractivity contribution < 1.29 is 9.53 Å². The average Bonchev–Trinajstić information content (AvgIpc) is 2.98. The van der Waals surface area contributed by atoms with Crippen LogP contribution in [0.3, 0.4) is 0 Å². The van der Waals surface area contributed by atoms with Gasteiger partial charge in [0.2, 0.25) is 0 Å². The Morgan fingerprint density at radius 3 is 2.95 bits per heavy atom. The molecular formula is C15H12N2O3S. The topological polar surface area (TPSA) is 72.0 Å². The third-order valence-electron chi connectivity index (χ3n) is 2.96. The summed E-state index contributed by atoms with van der Waals surface area (Å²) in [7, 11) is 0. The van der Waals surface area contributed by atoms with E-state index in [4.69, 9.17) is 4.74 Å². The molecule has 0 saturated carbocycles. The van der Waals surface area contributed by atoms with Crippen molar-refractivity contribution in [2.24, 2.45) is 0 Å². The summed E-state index contributed by atoms with van der Waals surface area (Å²) in [5.41, 5.74) is 1.28. The summed E-state index contributed by atoms with van der Waals surface area (Å²) in [6.07, 6.45) is 0.224. The van der Waals surface area contributed by atoms with Crippen molar-refractivity contribution in [3.8, 4) is 0 Å². The molecule has 0 amide bonds. The number of hydrogen-bond donors (Lipinski definition) is 1. The van der Waals surface area contributed by atoms with E-state index in [-0.39, 0.29) is 24.6 Å². The van der Waals surface area contributed by atoms with Crippen LogP contribution in [0.2, 0.25) is 0 Å². The van der Waals surface area contributed by atoms with Crippen LogP contribution in [-0.4, -0.2) is 15.9 Å². The number of esters is 1. The van der Waals surface area contributed by atoms with E-state index in [0.29, 0.717) is 16.7 Å². The number of H-pyrrole nitrogens is 1. The van der Waals surface area contributed by atoms with Crippen LogP contribution in [0.5, 0.6) is 0 Å². The number of ether oxygens (including phenoxy) is 1. The van der Waals surface area contributed by atoms with Gasteiger partial charge in [-0.25, -0.2) is 4.98 Å². The van der Waals surface area contributed by atoms with Gasteiger partial charge in [0.15, 0.2) is 0 Å². The Labute approximate surface area is 124 Å². The second-order valence-electron chi connectivity index (χ2n) is 4.50. The quantitative estimate of drug-likeness (QED) is 0.750. The Kier molecular flexibility index (Phi) is 3.79. The summed E-state index contributed by atoms with van der Waals surface area (Å²) in [5.74, 6) is 0.00146. The Balaban J connectivity index is 1.70. The van der Waals surface area contributed by atoms with Crippen LogP contribution < -0.4 is 5.56 Å². The highest BCUT2D eigenvalue weighted by atomic mass is 32.1. The zero-order valence-corrected chi connectivity index (χ0v) is 11.9. The molecule has 0 aliphatic heterocycles. The van der Waals surface area contributed by atoms with Gasteiger partial charge in [-0.1, -0.05) is 12.1 Å². The number of hydrogen-bond acceptors (Lipinski definition) is 5. The normalized spacial score (nSPS) is 10.7. The first-order valence-electron chi connectivity index (χ1n) is 6.37. The largest absolute Gasteiger partial charge is 0.457 e. The number of aromatic nitrogens is 2. The maximum absolute atomic E-state index is 11.9. The molecule has 3 rings (SSSR count). The molecule has 3 aromatic rings. The molecule has 0 aliphatic carbocycles. The number of nitrogens with zero attached hydrogens (tertiary/aromatic N) is 1. The number of nitrogens with one attached hydrogen (secondary N) is 1. The highest BCUT2D eigenvalue weighted by Gasteiger charge is 2.08. The Hall–Kier alpha value is -2.47. The number of para-hydroxylation sites is 1. The van der Waals surface area contributed by atoms with Gasteiger partial charge in [-0.2, -0.15) is 11.3 Å². The lowest BCUT2D eigenvalue weighted by molar-refractivity contribution is -0.144. The summed E-state index contributed by atoms with van der Waals surface area (Å²) in [6.45, 7) is -0.0386. The standard InChI is InChI=1S/C15H12N2O3S/c18-14(7-10-5-6-21-9-10)20-8-13-16-12-4-2-1-3-11(12)15(19)17-13/h1-6,9H,7-8H2,(H,16,17,19). The lowest BCUT2D eigenvalue weighted by Gasteiger charge is -2.04. The lowest BCUT2D eigenvalue weighted by atomic mass is 10.2. The molecule has 2 heterocycles. The van der Waals surface area contributed by atoms with Crippen LogP contribution in [0, 0.1) is 0 Å². The molecule has 0 bridgehead atoms. The van der Waals surface area contributed by atoms with Crippen LogP contribution in [0.1, 0.15) is 11.4 Å². The minimum absolute atomic E-state index is 0.0386. The first-order chi connectivity index (χ1) is 10.2. The SMILES string of the molecule is O=C(Cc1ccsc1)OCc1nc2ccccc2c(=O)[nH]1. The Bertz CT molecular complexity index is 824. The smallest absolute Gasteiger partial charge is 0.310 e. The van der Waals surface area contributed by atoms with Gasteiger partial charge in [-0.15, -0.1) is 0 Å². The van der Waals surface area contributed by atoms with Gasteiger partial charge in [0.1, 0.15) is 12.4 Å². The zero-order chi connectivity index (χ0) is 14.7. The van der Waals surface area contributed by atoms with Crippen LogP contribution in [-0.2, 0) is 22.6 Å². The molecule has 0 spiro atoms. The fourth-order valence-corrected chi connectivity index (χ4v) is 2.63. The molecule has 0 saturated heterocycles. The van der Waals surface area contributed by atoms with E-state index in [2.05, 4.69) is 9.97 Å². The molecule has 0 fully saturated rings. The molecule has 0 atom stereocenters. The lowest BCUT2D eigenvalue weighted by Crippen LogP contribution is -2.15. The van der Waals surface area contributed by atoms with Crippen LogP contribution in [0.25, 0.3) is 10.9 Å². The minimum Gasteiger partial charge on any atom is -0.457 e. The molecule has 1 N–H and O–H groups in total. The minimum atomic E-state index is -0.343. The van der Waals surface area contributed by atoms with Gasteiger partial charge >= 0.3 is 5.97 Å². The number of thiophene rings is 1. The third kappa shape index (κ3) is 3.17. The van der Waals surface area contributed by atoms with Crippen LogP contribution >= 0.6 is 11.3 Å². The van der Waals surface area contributed by atoms with E-state index >= 15 is 0 Å². The number of aromatic amines is 1. The first kappa shape index (κ1) is 13.5. The van der Waals surface area contributed by atoms with Gasteiger partial charge in [0.05, 0.1) is 17.3 Å². The summed E-state index contributed by atoms with van der Waals surface area (Å²) in [4.78, 5) is 30.5. The molecule has 1 aromatic carbocycles. The monoisotopic (exact) mass is 300 g/mol. The molecule has 6 heteroatoms. The van der Waals surface area contributed by atoms with Crippen molar-refractivity contribution in [3.63, 3.8) is 0 Å². The fourth-order valence-electron chi connectivity index (χ4n) is 1.96. The van der Waals surface area contributed by atoms with Crippen molar-refractivity contribution in [2.45, 2.75) is 13.0 Å². The molecule has 0 radical (unpaired) electrons. The fraction of sp³-hybridized carbons (Fsp3) is 0.133. The predicted molar refractivity (Wildman–Crippen MR) is 80.2 cm³/mol. The van der Waals surface area contributed by atoms with Gasteiger partial charge in [0.25, 0.3) is 5.56 Å². The average molecular weight is 300 g/mol. The highest BCUT2D eigenvalue weighted by Crippen LogP contribution is 2.09. The number of benzene rings is 1. The maximum atomic E-state index is 11.9. The van der Waals surface area contributed by atoms with Crippen molar-refractivity contribution in [2.75, 3.05) is 0 Å². The first-order valence-corrected chi connectivity index (χ1v) is 7.31. The van der Waals surface area contributed by atoms with Crippen molar-refractivity contribution >= 4 is 28.2 Å². The van der Waals surface area contributed by atoms with Crippen molar-refractivity contribution in [3.05, 3.63) is 62.8 Å². The molecule has 5 nitrogen and oxygen atoms in total. The Morgan fingerprint density at radius 1 is 1.29 bits per heavy atom. The van der Waals surface area contributed by atoms with Gasteiger partial charge in [-0.3, -0.25) is 9.59 Å². The van der Waals surface area contributed by atoms with Crippen molar-refractivity contribution in [1.29, 1.82) is 0 Å². The van der Waals surface area contributed by atoms with Gasteiger partial charge < -0.3 is 9.72 Å². The zero-order valence-electron chi connectivity index (χ0n) is 11.0. The molecule has 106 valence electrons. The number of rotatable bonds is 4. The Morgan fingerprint density at radius 2 is 2.14 bits per heavy atom. The number of carbonyl (C=O) groups is 1. The molecule has 21 heavy (non-hydrogen) atoms. The predicted octanol–water partition coefficient (Wildman–Crippen LogP) is 2.27. The van der Waals surface area contributed by atoms with E-state index in [1.165, 1.54) is 11.3 Å². The van der Waals surface area contributed by atoms with E-state index in [0.717, 1.165) is 5.56 Å². The van der Waals surface area contributed by atoms with E-state index < -0.39 is 0 Å². The second kappa shape index (κ2) is 5.88. The number of fused-ring (bicyclic) bond motifs is 1. The summed E-state index contributed by atoms with van der Waals surface area (Å²) >= 11 is 1.53. The number of carbonyl (C=O) groups excluding carboxylic acids is 1. The van der Waals surface area contributed by atoms with E-state index in [1.54, 1.807) is 24.3 Å². The van der Waals surface area contributed by atoms with E-state index in [1.807, 2.05) is 16.8 Å². The van der Waals surface area contributed by atoms with Gasteiger partial charge in [0, 0.05) is 0 Å². The summed E-state index contributed by atoms with van der Waals surface area (Å²) < 4.78 is 5.14.